The molecule has 2 heterocycles. The van der Waals surface area contributed by atoms with Crippen molar-refractivity contribution in [1.29, 1.82) is 0 Å². The Balaban J connectivity index is 1.33. The van der Waals surface area contributed by atoms with Crippen LogP contribution in [0.15, 0.2) is 30.3 Å². The van der Waals surface area contributed by atoms with Crippen molar-refractivity contribution in [1.82, 2.24) is 10.6 Å². The van der Waals surface area contributed by atoms with Gasteiger partial charge in [0.05, 0.1) is 12.0 Å². The van der Waals surface area contributed by atoms with Crippen molar-refractivity contribution in [3.63, 3.8) is 0 Å². The minimum atomic E-state index is -2.99. The fourth-order valence-corrected chi connectivity index (χ4v) is 4.09. The maximum atomic E-state index is 14.7. The van der Waals surface area contributed by atoms with Crippen molar-refractivity contribution in [2.24, 2.45) is 0 Å². The zero-order valence-electron chi connectivity index (χ0n) is 18.5. The van der Waals surface area contributed by atoms with Crippen LogP contribution in [0.2, 0.25) is 0 Å². The molecule has 8 nitrogen and oxygen atoms in total. The number of rotatable bonds is 6. The van der Waals surface area contributed by atoms with E-state index >= 15 is 0 Å². The summed E-state index contributed by atoms with van der Waals surface area (Å²) in [5.74, 6) is -4.11. The van der Waals surface area contributed by atoms with E-state index < -0.39 is 42.0 Å². The molecular weight excluding hydrogens is 472 g/mol. The van der Waals surface area contributed by atoms with Gasteiger partial charge in [-0.25, -0.2) is 13.6 Å². The van der Waals surface area contributed by atoms with Crippen molar-refractivity contribution in [2.75, 3.05) is 23.3 Å². The van der Waals surface area contributed by atoms with Gasteiger partial charge in [0, 0.05) is 42.5 Å². The largest absolute Gasteiger partial charge is 0.434 e. The second-order valence-corrected chi connectivity index (χ2v) is 8.39. The summed E-state index contributed by atoms with van der Waals surface area (Å²) in [7, 11) is 0. The number of piperidine rings is 1. The molecule has 1 unspecified atom stereocenters. The Morgan fingerprint density at radius 3 is 2.46 bits per heavy atom. The molecule has 3 N–H and O–H groups in total. The summed E-state index contributed by atoms with van der Waals surface area (Å²) in [6.45, 7) is -0.852. The average Bonchev–Trinajstić information content (AvgIpc) is 2.73. The Kier molecular flexibility index (Phi) is 6.81. The Morgan fingerprint density at radius 1 is 1.14 bits per heavy atom. The summed E-state index contributed by atoms with van der Waals surface area (Å²) in [6.07, 6.45) is 0.0289. The van der Waals surface area contributed by atoms with Crippen LogP contribution in [0.25, 0.3) is 0 Å². The number of imide groups is 1. The van der Waals surface area contributed by atoms with Gasteiger partial charge in [-0.3, -0.25) is 14.9 Å². The summed E-state index contributed by atoms with van der Waals surface area (Å²) in [6, 6.07) is 5.69. The SMILES string of the molecule is Cc1ccc(NC(=O)NC2CN(c3cc(F)c(C4CCC(=O)NC4=O)c(F)c3)C2)cc1OC(F)F. The molecule has 4 amide bonds. The number of hydrogen-bond acceptors (Lipinski definition) is 5. The van der Waals surface area contributed by atoms with E-state index in [9.17, 15) is 31.9 Å². The van der Waals surface area contributed by atoms with Gasteiger partial charge in [-0.1, -0.05) is 6.07 Å². The van der Waals surface area contributed by atoms with Gasteiger partial charge in [-0.05, 0) is 37.1 Å². The molecule has 0 aliphatic carbocycles. The lowest BCUT2D eigenvalue weighted by molar-refractivity contribution is -0.134. The summed E-state index contributed by atoms with van der Waals surface area (Å²) in [5.41, 5.74) is 0.616. The van der Waals surface area contributed by atoms with E-state index in [0.717, 1.165) is 12.1 Å². The van der Waals surface area contributed by atoms with Crippen LogP contribution in [0.5, 0.6) is 5.75 Å². The first kappa shape index (κ1) is 24.3. The highest BCUT2D eigenvalue weighted by Gasteiger charge is 2.34. The van der Waals surface area contributed by atoms with E-state index in [-0.39, 0.29) is 54.7 Å². The van der Waals surface area contributed by atoms with Crippen LogP contribution < -0.4 is 25.6 Å². The third-order valence-corrected chi connectivity index (χ3v) is 5.90. The lowest BCUT2D eigenvalue weighted by Crippen LogP contribution is -2.60. The smallest absolute Gasteiger partial charge is 0.387 e. The first-order valence-electron chi connectivity index (χ1n) is 10.8. The number of nitrogens with zero attached hydrogens (tertiary/aromatic N) is 1. The van der Waals surface area contributed by atoms with Crippen LogP contribution in [0.3, 0.4) is 0 Å². The fraction of sp³-hybridized carbons (Fsp3) is 0.348. The quantitative estimate of drug-likeness (QED) is 0.422. The second-order valence-electron chi connectivity index (χ2n) is 8.39. The fourth-order valence-electron chi connectivity index (χ4n) is 4.09. The molecule has 2 aromatic rings. The van der Waals surface area contributed by atoms with Crippen LogP contribution in [-0.2, 0) is 9.59 Å². The molecule has 35 heavy (non-hydrogen) atoms. The molecule has 2 fully saturated rings. The first-order chi connectivity index (χ1) is 16.6. The van der Waals surface area contributed by atoms with Crippen molar-refractivity contribution in [2.45, 2.75) is 38.3 Å². The second kappa shape index (κ2) is 9.80. The number of anilines is 2. The zero-order chi connectivity index (χ0) is 25.3. The van der Waals surface area contributed by atoms with E-state index in [1.807, 2.05) is 0 Å². The Labute approximate surface area is 197 Å². The minimum absolute atomic E-state index is 0.00171. The molecule has 186 valence electrons. The van der Waals surface area contributed by atoms with Gasteiger partial charge < -0.3 is 20.3 Å². The molecule has 1 atom stereocenters. The number of amides is 4. The maximum absolute atomic E-state index is 14.7. The molecule has 0 spiro atoms. The van der Waals surface area contributed by atoms with Crippen LogP contribution in [0, 0.1) is 18.6 Å². The number of nitrogens with one attached hydrogen (secondary N) is 3. The molecule has 0 radical (unpaired) electrons. The molecule has 2 aliphatic rings. The number of benzene rings is 2. The van der Waals surface area contributed by atoms with E-state index in [1.165, 1.54) is 18.2 Å². The van der Waals surface area contributed by atoms with Gasteiger partial charge in [-0.2, -0.15) is 8.78 Å². The normalized spacial score (nSPS) is 18.2. The molecule has 2 saturated heterocycles. The van der Waals surface area contributed by atoms with Gasteiger partial charge in [0.15, 0.2) is 0 Å². The van der Waals surface area contributed by atoms with E-state index in [1.54, 1.807) is 11.8 Å². The number of halogens is 4. The number of alkyl halides is 2. The van der Waals surface area contributed by atoms with Gasteiger partial charge in [0.2, 0.25) is 11.8 Å². The molecule has 2 aliphatic heterocycles. The average molecular weight is 494 g/mol. The highest BCUT2D eigenvalue weighted by molar-refractivity contribution is 6.01. The zero-order valence-corrected chi connectivity index (χ0v) is 18.5. The molecule has 2 aromatic carbocycles. The van der Waals surface area contributed by atoms with Gasteiger partial charge in [0.25, 0.3) is 0 Å². The highest BCUT2D eigenvalue weighted by atomic mass is 19.3. The Hall–Kier alpha value is -3.83. The lowest BCUT2D eigenvalue weighted by atomic mass is 9.89. The van der Waals surface area contributed by atoms with Gasteiger partial charge in [0.1, 0.15) is 17.4 Å². The number of aryl methyl sites for hydroxylation is 1. The molecule has 0 saturated carbocycles. The Morgan fingerprint density at radius 2 is 1.83 bits per heavy atom. The third-order valence-electron chi connectivity index (χ3n) is 5.90. The molecule has 12 heteroatoms. The molecule has 4 rings (SSSR count). The van der Waals surface area contributed by atoms with Crippen molar-refractivity contribution in [3.05, 3.63) is 53.1 Å². The third kappa shape index (κ3) is 5.47. The topological polar surface area (TPSA) is 99.8 Å². The van der Waals surface area contributed by atoms with Crippen LogP contribution in [-0.4, -0.2) is 43.6 Å². The lowest BCUT2D eigenvalue weighted by Gasteiger charge is -2.41. The summed E-state index contributed by atoms with van der Waals surface area (Å²) in [5, 5.41) is 7.31. The molecule has 0 bridgehead atoms. The van der Waals surface area contributed by atoms with E-state index in [0.29, 0.717) is 5.56 Å². The molecule has 0 aromatic heterocycles. The predicted molar refractivity (Wildman–Crippen MR) is 117 cm³/mol. The van der Waals surface area contributed by atoms with E-state index in [4.69, 9.17) is 0 Å². The van der Waals surface area contributed by atoms with E-state index in [2.05, 4.69) is 20.7 Å². The van der Waals surface area contributed by atoms with Gasteiger partial charge >= 0.3 is 12.6 Å². The maximum Gasteiger partial charge on any atom is 0.387 e. The van der Waals surface area contributed by atoms with Gasteiger partial charge in [-0.15, -0.1) is 0 Å². The molecular formula is C23H22F4N4O4. The summed E-state index contributed by atoms with van der Waals surface area (Å²) >= 11 is 0. The van der Waals surface area contributed by atoms with Crippen LogP contribution in [0.4, 0.5) is 33.7 Å². The van der Waals surface area contributed by atoms with Crippen molar-refractivity contribution >= 4 is 29.2 Å². The predicted octanol–water partition coefficient (Wildman–Crippen LogP) is 3.41. The number of carbonyl (C=O) groups is 3. The van der Waals surface area contributed by atoms with Crippen LogP contribution in [0.1, 0.15) is 29.9 Å². The number of ether oxygens (including phenoxy) is 1. The number of carbonyl (C=O) groups excluding carboxylic acids is 3. The first-order valence-corrected chi connectivity index (χ1v) is 10.8. The standard InChI is InChI=1S/C23H22F4N4O4/c1-11-2-3-12(6-18(11)35-22(26)27)28-23(34)29-13-9-31(10-13)14-7-16(24)20(17(25)8-14)15-4-5-19(32)30-21(15)33/h2-3,6-8,13,15,22H,4-5,9-10H2,1H3,(H2,28,29,34)(H,30,32,33). The Bertz CT molecular complexity index is 1150. The summed E-state index contributed by atoms with van der Waals surface area (Å²) < 4.78 is 58.8. The summed E-state index contributed by atoms with van der Waals surface area (Å²) in [4.78, 5) is 37.2. The van der Waals surface area contributed by atoms with Crippen molar-refractivity contribution < 1.29 is 36.7 Å². The van der Waals surface area contributed by atoms with Crippen LogP contribution >= 0.6 is 0 Å². The number of urea groups is 1. The number of hydrogen-bond donors (Lipinski definition) is 3. The minimum Gasteiger partial charge on any atom is -0.434 e. The van der Waals surface area contributed by atoms with Crippen molar-refractivity contribution in [3.8, 4) is 5.75 Å². The monoisotopic (exact) mass is 494 g/mol. The highest BCUT2D eigenvalue weighted by Crippen LogP contribution is 2.33.